The van der Waals surface area contributed by atoms with Crippen molar-refractivity contribution in [1.29, 1.82) is 0 Å². The average molecular weight is 268 g/mol. The molecule has 0 spiro atoms. The van der Waals surface area contributed by atoms with Gasteiger partial charge in [-0.3, -0.25) is 9.59 Å². The van der Waals surface area contributed by atoms with Gasteiger partial charge in [-0.15, -0.1) is 11.3 Å². The molecule has 1 atom stereocenters. The second kappa shape index (κ2) is 7.16. The van der Waals surface area contributed by atoms with Crippen LogP contribution in [0.3, 0.4) is 0 Å². The second-order valence-corrected chi connectivity index (χ2v) is 5.57. The highest BCUT2D eigenvalue weighted by molar-refractivity contribution is 7.09. The normalized spacial score (nSPS) is 12.2. The van der Waals surface area contributed by atoms with Crippen molar-refractivity contribution < 1.29 is 9.59 Å². The van der Waals surface area contributed by atoms with E-state index in [1.165, 1.54) is 11.8 Å². The van der Waals surface area contributed by atoms with Gasteiger partial charge in [0.15, 0.2) is 0 Å². The minimum Gasteiger partial charge on any atom is -0.354 e. The molecule has 1 rings (SSSR count). The van der Waals surface area contributed by atoms with Crippen LogP contribution in [0.5, 0.6) is 0 Å². The third-order valence-electron chi connectivity index (χ3n) is 2.56. The Hall–Kier alpha value is -1.36. The monoisotopic (exact) mass is 268 g/mol. The summed E-state index contributed by atoms with van der Waals surface area (Å²) < 4.78 is 0. The van der Waals surface area contributed by atoms with E-state index in [4.69, 9.17) is 0 Å². The fraction of sp³-hybridized carbons (Fsp3) is 0.538. The standard InChI is InChI=1S/C13H20N2O2S/c1-9(2)12(15-10(3)16)13(17)14-7-6-11-5-4-8-18-11/h4-5,8-9,12H,6-7H2,1-3H3,(H,14,17)(H,15,16)/t12-/m1/s1. The van der Waals surface area contributed by atoms with Crippen molar-refractivity contribution in [2.45, 2.75) is 33.2 Å². The Balaban J connectivity index is 2.39. The molecule has 2 N–H and O–H groups in total. The minimum atomic E-state index is -0.453. The Kier molecular flexibility index (Phi) is 5.85. The Morgan fingerprint density at radius 3 is 2.61 bits per heavy atom. The molecule has 18 heavy (non-hydrogen) atoms. The number of nitrogens with one attached hydrogen (secondary N) is 2. The first-order valence-electron chi connectivity index (χ1n) is 6.08. The Labute approximate surface area is 112 Å². The van der Waals surface area contributed by atoms with Gasteiger partial charge < -0.3 is 10.6 Å². The molecule has 2 amide bonds. The van der Waals surface area contributed by atoms with Crippen molar-refractivity contribution in [3.8, 4) is 0 Å². The van der Waals surface area contributed by atoms with Gasteiger partial charge in [-0.25, -0.2) is 0 Å². The predicted octanol–water partition coefficient (Wildman–Crippen LogP) is 1.57. The van der Waals surface area contributed by atoms with E-state index in [0.29, 0.717) is 6.54 Å². The van der Waals surface area contributed by atoms with Gasteiger partial charge in [0.05, 0.1) is 0 Å². The van der Waals surface area contributed by atoms with Gasteiger partial charge in [0.1, 0.15) is 6.04 Å². The van der Waals surface area contributed by atoms with Gasteiger partial charge in [0.25, 0.3) is 0 Å². The molecule has 0 aliphatic heterocycles. The molecule has 0 fully saturated rings. The molecule has 0 saturated heterocycles. The molecule has 0 unspecified atom stereocenters. The largest absolute Gasteiger partial charge is 0.354 e. The van der Waals surface area contributed by atoms with Crippen LogP contribution in [0.15, 0.2) is 17.5 Å². The molecule has 1 heterocycles. The number of carbonyl (C=O) groups excluding carboxylic acids is 2. The summed E-state index contributed by atoms with van der Waals surface area (Å²) in [5.41, 5.74) is 0. The van der Waals surface area contributed by atoms with Gasteiger partial charge in [-0.1, -0.05) is 19.9 Å². The fourth-order valence-corrected chi connectivity index (χ4v) is 2.34. The number of thiophene rings is 1. The molecule has 4 nitrogen and oxygen atoms in total. The zero-order valence-electron chi connectivity index (χ0n) is 11.0. The Morgan fingerprint density at radius 2 is 2.11 bits per heavy atom. The molecule has 0 radical (unpaired) electrons. The maximum atomic E-state index is 11.9. The lowest BCUT2D eigenvalue weighted by Crippen LogP contribution is -2.49. The summed E-state index contributed by atoms with van der Waals surface area (Å²) >= 11 is 1.68. The lowest BCUT2D eigenvalue weighted by Gasteiger charge is -2.20. The van der Waals surface area contributed by atoms with Crippen LogP contribution in [-0.2, 0) is 16.0 Å². The van der Waals surface area contributed by atoms with Gasteiger partial charge >= 0.3 is 0 Å². The third kappa shape index (κ3) is 4.87. The van der Waals surface area contributed by atoms with Crippen molar-refractivity contribution in [2.24, 2.45) is 5.92 Å². The summed E-state index contributed by atoms with van der Waals surface area (Å²) in [6.45, 7) is 5.86. The van der Waals surface area contributed by atoms with Crippen molar-refractivity contribution in [3.63, 3.8) is 0 Å². The zero-order valence-corrected chi connectivity index (χ0v) is 11.8. The fourth-order valence-electron chi connectivity index (χ4n) is 1.63. The van der Waals surface area contributed by atoms with Crippen LogP contribution in [0.1, 0.15) is 25.6 Å². The highest BCUT2D eigenvalue weighted by Crippen LogP contribution is 2.08. The molecule has 0 aromatic carbocycles. The van der Waals surface area contributed by atoms with Crippen molar-refractivity contribution >= 4 is 23.2 Å². The van der Waals surface area contributed by atoms with Crippen LogP contribution in [0.2, 0.25) is 0 Å². The van der Waals surface area contributed by atoms with E-state index in [-0.39, 0.29) is 17.7 Å². The van der Waals surface area contributed by atoms with E-state index in [0.717, 1.165) is 6.42 Å². The average Bonchev–Trinajstić information content (AvgIpc) is 2.78. The summed E-state index contributed by atoms with van der Waals surface area (Å²) in [5.74, 6) is -0.213. The lowest BCUT2D eigenvalue weighted by atomic mass is 10.0. The third-order valence-corrected chi connectivity index (χ3v) is 3.49. The first-order valence-corrected chi connectivity index (χ1v) is 6.96. The molecule has 0 bridgehead atoms. The molecular formula is C13H20N2O2S. The molecule has 1 aromatic rings. The van der Waals surface area contributed by atoms with E-state index in [1.54, 1.807) is 11.3 Å². The summed E-state index contributed by atoms with van der Waals surface area (Å²) in [6.07, 6.45) is 0.828. The molecule has 5 heteroatoms. The van der Waals surface area contributed by atoms with Gasteiger partial charge in [0, 0.05) is 18.3 Å². The number of hydrogen-bond donors (Lipinski definition) is 2. The van der Waals surface area contributed by atoms with E-state index in [1.807, 2.05) is 31.4 Å². The van der Waals surface area contributed by atoms with Crippen molar-refractivity contribution in [2.75, 3.05) is 6.54 Å². The van der Waals surface area contributed by atoms with E-state index in [2.05, 4.69) is 10.6 Å². The van der Waals surface area contributed by atoms with Gasteiger partial charge in [-0.2, -0.15) is 0 Å². The van der Waals surface area contributed by atoms with Crippen LogP contribution >= 0.6 is 11.3 Å². The first-order chi connectivity index (χ1) is 8.50. The zero-order chi connectivity index (χ0) is 13.5. The Bertz CT molecular complexity index is 388. The molecule has 0 saturated carbocycles. The number of amides is 2. The lowest BCUT2D eigenvalue weighted by molar-refractivity contribution is -0.129. The predicted molar refractivity (Wildman–Crippen MR) is 73.5 cm³/mol. The molecule has 0 aliphatic carbocycles. The molecular weight excluding hydrogens is 248 g/mol. The summed E-state index contributed by atoms with van der Waals surface area (Å²) in [4.78, 5) is 24.2. The topological polar surface area (TPSA) is 58.2 Å². The van der Waals surface area contributed by atoms with Gasteiger partial charge in [0.2, 0.25) is 11.8 Å². The van der Waals surface area contributed by atoms with Crippen LogP contribution < -0.4 is 10.6 Å². The summed E-state index contributed by atoms with van der Waals surface area (Å²) in [6, 6.07) is 3.59. The molecule has 0 aliphatic rings. The molecule has 100 valence electrons. The van der Waals surface area contributed by atoms with Crippen LogP contribution in [0.25, 0.3) is 0 Å². The van der Waals surface area contributed by atoms with Crippen LogP contribution in [-0.4, -0.2) is 24.4 Å². The highest BCUT2D eigenvalue weighted by Gasteiger charge is 2.22. The van der Waals surface area contributed by atoms with Crippen LogP contribution in [0.4, 0.5) is 0 Å². The molecule has 1 aromatic heterocycles. The second-order valence-electron chi connectivity index (χ2n) is 4.54. The highest BCUT2D eigenvalue weighted by atomic mass is 32.1. The maximum absolute atomic E-state index is 11.9. The number of rotatable bonds is 6. The number of hydrogen-bond acceptors (Lipinski definition) is 3. The Morgan fingerprint density at radius 1 is 1.39 bits per heavy atom. The minimum absolute atomic E-state index is 0.0793. The summed E-state index contributed by atoms with van der Waals surface area (Å²) in [7, 11) is 0. The summed E-state index contributed by atoms with van der Waals surface area (Å²) in [5, 5.41) is 7.55. The SMILES string of the molecule is CC(=O)N[C@@H](C(=O)NCCc1cccs1)C(C)C. The van der Waals surface area contributed by atoms with Crippen molar-refractivity contribution in [3.05, 3.63) is 22.4 Å². The van der Waals surface area contributed by atoms with Crippen molar-refractivity contribution in [1.82, 2.24) is 10.6 Å². The van der Waals surface area contributed by atoms with E-state index in [9.17, 15) is 9.59 Å². The maximum Gasteiger partial charge on any atom is 0.242 e. The van der Waals surface area contributed by atoms with Gasteiger partial charge in [-0.05, 0) is 23.8 Å². The number of carbonyl (C=O) groups is 2. The quantitative estimate of drug-likeness (QED) is 0.822. The van der Waals surface area contributed by atoms with E-state index < -0.39 is 6.04 Å². The smallest absolute Gasteiger partial charge is 0.242 e. The van der Waals surface area contributed by atoms with Crippen LogP contribution in [0, 0.1) is 5.92 Å². The first kappa shape index (κ1) is 14.7. The van der Waals surface area contributed by atoms with E-state index >= 15 is 0 Å².